The van der Waals surface area contributed by atoms with Crippen LogP contribution in [0.25, 0.3) is 0 Å². The molecule has 0 atom stereocenters. The third kappa shape index (κ3) is 7.13. The smallest absolute Gasteiger partial charge is 0.306 e. The van der Waals surface area contributed by atoms with Gasteiger partial charge in [-0.3, -0.25) is 9.59 Å². The fraction of sp³-hybridized carbons (Fsp3) is 0.538. The Labute approximate surface area is 112 Å². The molecule has 104 valence electrons. The van der Waals surface area contributed by atoms with Gasteiger partial charge < -0.3 is 10.1 Å². The van der Waals surface area contributed by atoms with Crippen LogP contribution in [0.3, 0.4) is 0 Å². The summed E-state index contributed by atoms with van der Waals surface area (Å²) in [6.07, 6.45) is 3.21. The Balaban J connectivity index is 2.23. The summed E-state index contributed by atoms with van der Waals surface area (Å²) in [4.78, 5) is 30.7. The van der Waals surface area contributed by atoms with Crippen LogP contribution in [0, 0.1) is 0 Å². The van der Waals surface area contributed by atoms with Gasteiger partial charge in [0, 0.05) is 12.6 Å². The summed E-state index contributed by atoms with van der Waals surface area (Å²) in [5.74, 6) is -0.575. The first-order valence-electron chi connectivity index (χ1n) is 6.10. The normalized spacial score (nSPS) is 10.9. The Kier molecular flexibility index (Phi) is 5.41. The van der Waals surface area contributed by atoms with Crippen molar-refractivity contribution >= 4 is 11.9 Å². The molecule has 0 aliphatic rings. The molecule has 1 amide bonds. The zero-order valence-corrected chi connectivity index (χ0v) is 11.5. The van der Waals surface area contributed by atoms with E-state index in [0.29, 0.717) is 6.54 Å². The van der Waals surface area contributed by atoms with Crippen LogP contribution in [0.4, 0.5) is 0 Å². The monoisotopic (exact) mass is 265 g/mol. The van der Waals surface area contributed by atoms with Crippen molar-refractivity contribution in [2.45, 2.75) is 45.8 Å². The minimum absolute atomic E-state index is 0.0763. The second-order valence-corrected chi connectivity index (χ2v) is 5.06. The zero-order valence-electron chi connectivity index (χ0n) is 11.5. The first-order valence-corrected chi connectivity index (χ1v) is 6.10. The zero-order chi connectivity index (χ0) is 14.3. The van der Waals surface area contributed by atoms with E-state index in [9.17, 15) is 9.59 Å². The maximum Gasteiger partial charge on any atom is 0.306 e. The van der Waals surface area contributed by atoms with Crippen LogP contribution in [0.5, 0.6) is 0 Å². The lowest BCUT2D eigenvalue weighted by Crippen LogP contribution is -2.27. The molecule has 0 fully saturated rings. The molecule has 1 rings (SSSR count). The lowest BCUT2D eigenvalue weighted by molar-refractivity contribution is -0.155. The number of esters is 1. The molecule has 1 aromatic heterocycles. The van der Waals surface area contributed by atoms with Gasteiger partial charge in [-0.2, -0.15) is 0 Å². The quantitative estimate of drug-likeness (QED) is 0.809. The summed E-state index contributed by atoms with van der Waals surface area (Å²) >= 11 is 0. The standard InChI is InChI=1S/C13H19N3O3/c1-13(2,3)19-12(18)5-4-11(17)15-8-10-6-7-14-9-16-10/h6-7,9H,4-5,8H2,1-3H3,(H,15,17). The maximum atomic E-state index is 11.5. The molecule has 0 radical (unpaired) electrons. The molecule has 6 heteroatoms. The highest BCUT2D eigenvalue weighted by atomic mass is 16.6. The molecule has 19 heavy (non-hydrogen) atoms. The van der Waals surface area contributed by atoms with Gasteiger partial charge in [0.05, 0.1) is 18.7 Å². The van der Waals surface area contributed by atoms with E-state index in [1.165, 1.54) is 6.33 Å². The Bertz CT molecular complexity index is 427. The molecule has 0 aliphatic heterocycles. The van der Waals surface area contributed by atoms with Gasteiger partial charge in [-0.25, -0.2) is 9.97 Å². The van der Waals surface area contributed by atoms with Gasteiger partial charge in [0.25, 0.3) is 0 Å². The van der Waals surface area contributed by atoms with E-state index >= 15 is 0 Å². The Morgan fingerprint density at radius 1 is 1.32 bits per heavy atom. The summed E-state index contributed by atoms with van der Waals surface area (Å²) in [6, 6.07) is 1.72. The molecular weight excluding hydrogens is 246 g/mol. The van der Waals surface area contributed by atoms with Gasteiger partial charge in [0.1, 0.15) is 11.9 Å². The molecule has 0 unspecified atom stereocenters. The average Bonchev–Trinajstić information content (AvgIpc) is 2.33. The largest absolute Gasteiger partial charge is 0.460 e. The van der Waals surface area contributed by atoms with Crippen LogP contribution in [-0.4, -0.2) is 27.4 Å². The third-order valence-electron chi connectivity index (χ3n) is 2.09. The first kappa shape index (κ1) is 15.1. The van der Waals surface area contributed by atoms with Crippen molar-refractivity contribution in [1.29, 1.82) is 0 Å². The van der Waals surface area contributed by atoms with Gasteiger partial charge in [-0.05, 0) is 26.8 Å². The van der Waals surface area contributed by atoms with Gasteiger partial charge in [-0.15, -0.1) is 0 Å². The Hall–Kier alpha value is -1.98. The number of nitrogens with one attached hydrogen (secondary N) is 1. The lowest BCUT2D eigenvalue weighted by Gasteiger charge is -2.19. The van der Waals surface area contributed by atoms with Crippen molar-refractivity contribution in [3.63, 3.8) is 0 Å². The van der Waals surface area contributed by atoms with Gasteiger partial charge in [0.15, 0.2) is 0 Å². The SMILES string of the molecule is CC(C)(C)OC(=O)CCC(=O)NCc1ccncn1. The third-order valence-corrected chi connectivity index (χ3v) is 2.09. The fourth-order valence-corrected chi connectivity index (χ4v) is 1.31. The van der Waals surface area contributed by atoms with Crippen LogP contribution in [0.15, 0.2) is 18.6 Å². The number of carbonyl (C=O) groups is 2. The number of aromatic nitrogens is 2. The van der Waals surface area contributed by atoms with Crippen LogP contribution in [-0.2, 0) is 20.9 Å². The summed E-state index contributed by atoms with van der Waals surface area (Å²) in [6.45, 7) is 5.70. The van der Waals surface area contributed by atoms with Crippen molar-refractivity contribution in [2.24, 2.45) is 0 Å². The van der Waals surface area contributed by atoms with Crippen LogP contribution in [0.1, 0.15) is 39.3 Å². The number of rotatable bonds is 5. The van der Waals surface area contributed by atoms with Crippen molar-refractivity contribution < 1.29 is 14.3 Å². The van der Waals surface area contributed by atoms with Gasteiger partial charge in [0.2, 0.25) is 5.91 Å². The van der Waals surface area contributed by atoms with E-state index < -0.39 is 5.60 Å². The number of amides is 1. The van der Waals surface area contributed by atoms with E-state index in [1.54, 1.807) is 33.0 Å². The molecule has 1 N–H and O–H groups in total. The number of hydrogen-bond acceptors (Lipinski definition) is 5. The van der Waals surface area contributed by atoms with Gasteiger partial charge in [-0.1, -0.05) is 0 Å². The maximum absolute atomic E-state index is 11.5. The summed E-state index contributed by atoms with van der Waals surface area (Å²) < 4.78 is 5.11. The molecule has 0 saturated carbocycles. The minimum atomic E-state index is -0.519. The van der Waals surface area contributed by atoms with Crippen molar-refractivity contribution in [2.75, 3.05) is 0 Å². The molecule has 1 aromatic rings. The molecular formula is C13H19N3O3. The number of carbonyl (C=O) groups excluding carboxylic acids is 2. The van der Waals surface area contributed by atoms with E-state index in [4.69, 9.17) is 4.74 Å². The number of nitrogens with zero attached hydrogens (tertiary/aromatic N) is 2. The molecule has 0 aromatic carbocycles. The van der Waals surface area contributed by atoms with Gasteiger partial charge >= 0.3 is 5.97 Å². The highest BCUT2D eigenvalue weighted by Crippen LogP contribution is 2.09. The highest BCUT2D eigenvalue weighted by molar-refractivity contribution is 5.81. The number of ether oxygens (including phenoxy) is 1. The summed E-state index contributed by atoms with van der Waals surface area (Å²) in [7, 11) is 0. The van der Waals surface area contributed by atoms with E-state index in [1.807, 2.05) is 0 Å². The second kappa shape index (κ2) is 6.82. The molecule has 0 spiro atoms. The van der Waals surface area contributed by atoms with Crippen LogP contribution >= 0.6 is 0 Å². The topological polar surface area (TPSA) is 81.2 Å². The average molecular weight is 265 g/mol. The van der Waals surface area contributed by atoms with Crippen molar-refractivity contribution in [3.05, 3.63) is 24.3 Å². The fourth-order valence-electron chi connectivity index (χ4n) is 1.31. The van der Waals surface area contributed by atoms with Crippen molar-refractivity contribution in [3.8, 4) is 0 Å². The predicted molar refractivity (Wildman–Crippen MR) is 69.0 cm³/mol. The Morgan fingerprint density at radius 3 is 2.63 bits per heavy atom. The minimum Gasteiger partial charge on any atom is -0.460 e. The van der Waals surface area contributed by atoms with E-state index in [-0.39, 0.29) is 24.7 Å². The van der Waals surface area contributed by atoms with Crippen LogP contribution in [0.2, 0.25) is 0 Å². The molecule has 6 nitrogen and oxygen atoms in total. The summed E-state index contributed by atoms with van der Waals surface area (Å²) in [5.41, 5.74) is 0.203. The predicted octanol–water partition coefficient (Wildman–Crippen LogP) is 1.21. The van der Waals surface area contributed by atoms with Crippen molar-refractivity contribution in [1.82, 2.24) is 15.3 Å². The molecule has 1 heterocycles. The molecule has 0 aliphatic carbocycles. The first-order chi connectivity index (χ1) is 8.87. The van der Waals surface area contributed by atoms with Crippen LogP contribution < -0.4 is 5.32 Å². The number of hydrogen-bond donors (Lipinski definition) is 1. The van der Waals surface area contributed by atoms with E-state index in [2.05, 4.69) is 15.3 Å². The van der Waals surface area contributed by atoms with E-state index in [0.717, 1.165) is 5.69 Å². The molecule has 0 saturated heterocycles. The Morgan fingerprint density at radius 2 is 2.05 bits per heavy atom. The summed E-state index contributed by atoms with van der Waals surface area (Å²) in [5, 5.41) is 2.68. The lowest BCUT2D eigenvalue weighted by atomic mass is 10.2. The molecule has 0 bridgehead atoms. The highest BCUT2D eigenvalue weighted by Gasteiger charge is 2.16. The second-order valence-electron chi connectivity index (χ2n) is 5.06.